The van der Waals surface area contributed by atoms with E-state index in [9.17, 15) is 8.78 Å². The monoisotopic (exact) mass is 299 g/mol. The van der Waals surface area contributed by atoms with Crippen LogP contribution in [0.4, 0.5) is 8.78 Å². The Hall–Kier alpha value is -2.18. The van der Waals surface area contributed by atoms with Crippen LogP contribution in [0.1, 0.15) is 22.3 Å². The summed E-state index contributed by atoms with van der Waals surface area (Å²) in [6.07, 6.45) is 10.5. The first-order chi connectivity index (χ1) is 10.7. The first-order valence-electron chi connectivity index (χ1n) is 7.31. The fourth-order valence-corrected chi connectivity index (χ4v) is 2.74. The van der Waals surface area contributed by atoms with Crippen molar-refractivity contribution in [2.75, 3.05) is 13.1 Å². The summed E-state index contributed by atoms with van der Waals surface area (Å²) in [5, 5.41) is 3.37. The molecule has 0 saturated heterocycles. The minimum absolute atomic E-state index is 0.344. The Kier molecular flexibility index (Phi) is 5.68. The molecule has 0 bridgehead atoms. The Bertz CT molecular complexity index is 662. The SMILES string of the molecule is C#C.Fc1ccc(F)c(Cc2ccc3c(c2)CCNCC3)c1. The van der Waals surface area contributed by atoms with Crippen molar-refractivity contribution in [2.24, 2.45) is 0 Å². The number of halogens is 2. The molecule has 0 radical (unpaired) electrons. The third-order valence-corrected chi connectivity index (χ3v) is 3.82. The number of benzene rings is 2. The first-order valence-corrected chi connectivity index (χ1v) is 7.31. The lowest BCUT2D eigenvalue weighted by Crippen LogP contribution is -2.16. The lowest BCUT2D eigenvalue weighted by atomic mass is 9.96. The van der Waals surface area contributed by atoms with Crippen LogP contribution in [0.25, 0.3) is 0 Å². The molecule has 114 valence electrons. The molecule has 1 heterocycles. The smallest absolute Gasteiger partial charge is 0.126 e. The molecule has 0 saturated carbocycles. The largest absolute Gasteiger partial charge is 0.316 e. The number of rotatable bonds is 2. The average Bonchev–Trinajstić information content (AvgIpc) is 2.78. The minimum Gasteiger partial charge on any atom is -0.316 e. The zero-order valence-electron chi connectivity index (χ0n) is 12.4. The summed E-state index contributed by atoms with van der Waals surface area (Å²) in [7, 11) is 0. The van der Waals surface area contributed by atoms with Crippen molar-refractivity contribution in [3.63, 3.8) is 0 Å². The van der Waals surface area contributed by atoms with Crippen LogP contribution in [0, 0.1) is 24.5 Å². The van der Waals surface area contributed by atoms with Crippen molar-refractivity contribution < 1.29 is 8.78 Å². The van der Waals surface area contributed by atoms with E-state index in [1.54, 1.807) is 0 Å². The van der Waals surface area contributed by atoms with Gasteiger partial charge >= 0.3 is 0 Å². The van der Waals surface area contributed by atoms with Crippen molar-refractivity contribution in [3.8, 4) is 12.8 Å². The van der Waals surface area contributed by atoms with Crippen molar-refractivity contribution in [1.29, 1.82) is 0 Å². The van der Waals surface area contributed by atoms with E-state index >= 15 is 0 Å². The van der Waals surface area contributed by atoms with E-state index in [-0.39, 0.29) is 11.6 Å². The highest BCUT2D eigenvalue weighted by atomic mass is 19.1. The zero-order chi connectivity index (χ0) is 15.9. The molecule has 0 fully saturated rings. The molecule has 0 aliphatic carbocycles. The lowest BCUT2D eigenvalue weighted by molar-refractivity contribution is 0.588. The quantitative estimate of drug-likeness (QED) is 0.837. The highest BCUT2D eigenvalue weighted by molar-refractivity contribution is 5.36. The van der Waals surface area contributed by atoms with Crippen molar-refractivity contribution >= 4 is 0 Å². The van der Waals surface area contributed by atoms with E-state index < -0.39 is 0 Å². The number of fused-ring (bicyclic) bond motifs is 1. The maximum absolute atomic E-state index is 13.7. The maximum Gasteiger partial charge on any atom is 0.126 e. The second-order valence-corrected chi connectivity index (χ2v) is 5.27. The molecule has 0 amide bonds. The van der Waals surface area contributed by atoms with Crippen LogP contribution >= 0.6 is 0 Å². The molecule has 1 aliphatic rings. The van der Waals surface area contributed by atoms with Crippen LogP contribution in [0.3, 0.4) is 0 Å². The summed E-state index contributed by atoms with van der Waals surface area (Å²) in [5.74, 6) is -0.733. The van der Waals surface area contributed by atoms with E-state index in [0.29, 0.717) is 12.0 Å². The molecule has 2 aromatic carbocycles. The Morgan fingerprint density at radius 2 is 1.64 bits per heavy atom. The van der Waals surface area contributed by atoms with Gasteiger partial charge < -0.3 is 5.32 Å². The van der Waals surface area contributed by atoms with Crippen LogP contribution in [-0.2, 0) is 19.3 Å². The van der Waals surface area contributed by atoms with Crippen molar-refractivity contribution in [3.05, 3.63) is 70.3 Å². The van der Waals surface area contributed by atoms with E-state index in [4.69, 9.17) is 0 Å². The Balaban J connectivity index is 0.000000847. The third-order valence-electron chi connectivity index (χ3n) is 3.82. The van der Waals surface area contributed by atoms with Gasteiger partial charge in [-0.25, -0.2) is 8.78 Å². The summed E-state index contributed by atoms with van der Waals surface area (Å²) in [6.45, 7) is 1.98. The summed E-state index contributed by atoms with van der Waals surface area (Å²) in [4.78, 5) is 0. The van der Waals surface area contributed by atoms with Gasteiger partial charge in [0.15, 0.2) is 0 Å². The molecule has 0 aromatic heterocycles. The molecule has 1 nitrogen and oxygen atoms in total. The second kappa shape index (κ2) is 7.72. The van der Waals surface area contributed by atoms with Gasteiger partial charge in [0, 0.05) is 6.42 Å². The molecule has 2 aromatic rings. The number of hydrogen-bond donors (Lipinski definition) is 1. The molecule has 1 aliphatic heterocycles. The summed E-state index contributed by atoms with van der Waals surface area (Å²) < 4.78 is 26.9. The molecule has 3 rings (SSSR count). The molecule has 0 spiro atoms. The van der Waals surface area contributed by atoms with Crippen molar-refractivity contribution in [1.82, 2.24) is 5.32 Å². The Labute approximate surface area is 130 Å². The normalized spacial score (nSPS) is 13.5. The highest BCUT2D eigenvalue weighted by Crippen LogP contribution is 2.19. The molecule has 1 N–H and O–H groups in total. The molecular formula is C19H19F2N. The van der Waals surface area contributed by atoms with Crippen LogP contribution in [0.2, 0.25) is 0 Å². The maximum atomic E-state index is 13.7. The van der Waals surface area contributed by atoms with Crippen LogP contribution in [0.15, 0.2) is 36.4 Å². The van der Waals surface area contributed by atoms with E-state index in [0.717, 1.165) is 37.6 Å². The topological polar surface area (TPSA) is 12.0 Å². The highest BCUT2D eigenvalue weighted by Gasteiger charge is 2.10. The van der Waals surface area contributed by atoms with Gasteiger partial charge in [-0.05, 0) is 66.4 Å². The second-order valence-electron chi connectivity index (χ2n) is 5.27. The average molecular weight is 299 g/mol. The first kappa shape index (κ1) is 16.2. The zero-order valence-corrected chi connectivity index (χ0v) is 12.4. The van der Waals surface area contributed by atoms with Gasteiger partial charge in [-0.15, -0.1) is 12.8 Å². The standard InChI is InChI=1S/C17H17F2N.C2H2/c18-16-3-4-17(19)15(11-16)10-12-1-2-13-5-7-20-8-6-14(13)9-12;1-2/h1-4,9,11,20H,5-8,10H2;1-2H. The molecule has 0 unspecified atom stereocenters. The van der Waals surface area contributed by atoms with Crippen molar-refractivity contribution in [2.45, 2.75) is 19.3 Å². The van der Waals surface area contributed by atoms with E-state index in [2.05, 4.69) is 30.3 Å². The predicted molar refractivity (Wildman–Crippen MR) is 85.8 cm³/mol. The fourth-order valence-electron chi connectivity index (χ4n) is 2.74. The van der Waals surface area contributed by atoms with Gasteiger partial charge in [-0.3, -0.25) is 0 Å². The summed E-state index contributed by atoms with van der Waals surface area (Å²) in [6, 6.07) is 9.90. The van der Waals surface area contributed by atoms with Gasteiger partial charge in [0.25, 0.3) is 0 Å². The van der Waals surface area contributed by atoms with Crippen LogP contribution < -0.4 is 5.32 Å². The fraction of sp³-hybridized carbons (Fsp3) is 0.263. The van der Waals surface area contributed by atoms with E-state index in [1.807, 2.05) is 6.07 Å². The molecule has 3 heteroatoms. The summed E-state index contributed by atoms with van der Waals surface area (Å²) in [5.41, 5.74) is 4.13. The number of hydrogen-bond acceptors (Lipinski definition) is 1. The third kappa shape index (κ3) is 3.93. The van der Waals surface area contributed by atoms with Gasteiger partial charge in [0.2, 0.25) is 0 Å². The molecular weight excluding hydrogens is 280 g/mol. The van der Waals surface area contributed by atoms with Crippen LogP contribution in [-0.4, -0.2) is 13.1 Å². The Morgan fingerprint density at radius 3 is 2.41 bits per heavy atom. The van der Waals surface area contributed by atoms with Crippen LogP contribution in [0.5, 0.6) is 0 Å². The molecule has 22 heavy (non-hydrogen) atoms. The number of terminal acetylenes is 1. The van der Waals surface area contributed by atoms with Gasteiger partial charge in [0.1, 0.15) is 11.6 Å². The minimum atomic E-state index is -0.389. The predicted octanol–water partition coefficient (Wildman–Crippen LogP) is 3.49. The number of nitrogens with one attached hydrogen (secondary N) is 1. The van der Waals surface area contributed by atoms with Gasteiger partial charge in [-0.1, -0.05) is 18.2 Å². The lowest BCUT2D eigenvalue weighted by Gasteiger charge is -2.09. The Morgan fingerprint density at radius 1 is 0.909 bits per heavy atom. The van der Waals surface area contributed by atoms with Gasteiger partial charge in [0.05, 0.1) is 0 Å². The van der Waals surface area contributed by atoms with Gasteiger partial charge in [-0.2, -0.15) is 0 Å². The summed E-state index contributed by atoms with van der Waals surface area (Å²) >= 11 is 0. The van der Waals surface area contributed by atoms with E-state index in [1.165, 1.54) is 23.3 Å². The molecule has 0 atom stereocenters.